The Hall–Kier alpha value is -1.89. The van der Waals surface area contributed by atoms with Crippen molar-refractivity contribution in [3.63, 3.8) is 0 Å². The minimum absolute atomic E-state index is 0.188. The van der Waals surface area contributed by atoms with E-state index in [4.69, 9.17) is 11.5 Å². The molecular formula is C18H27N5O2. The highest BCUT2D eigenvalue weighted by molar-refractivity contribution is 5.79. The summed E-state index contributed by atoms with van der Waals surface area (Å²) in [5.74, 6) is 0.340. The van der Waals surface area contributed by atoms with Crippen LogP contribution in [0.4, 0.5) is 11.8 Å². The van der Waals surface area contributed by atoms with Gasteiger partial charge in [-0.15, -0.1) is 0 Å². The molecule has 7 nitrogen and oxygen atoms in total. The van der Waals surface area contributed by atoms with Gasteiger partial charge in [-0.05, 0) is 44.9 Å². The molecule has 1 saturated carbocycles. The average Bonchev–Trinajstić information content (AvgIpc) is 3.05. The number of fused-ring (bicyclic) bond motifs is 2. The Balaban J connectivity index is 1.68. The topological polar surface area (TPSA) is 118 Å². The summed E-state index contributed by atoms with van der Waals surface area (Å²) in [6, 6.07) is 0. The third kappa shape index (κ3) is 2.65. The van der Waals surface area contributed by atoms with Crippen LogP contribution in [0.25, 0.3) is 0 Å². The molecule has 25 heavy (non-hydrogen) atoms. The molecule has 2 heterocycles. The van der Waals surface area contributed by atoms with E-state index in [-0.39, 0.29) is 5.41 Å². The van der Waals surface area contributed by atoms with Crippen LogP contribution in [0.15, 0.2) is 0 Å². The molecular weight excluding hydrogens is 318 g/mol. The molecule has 3 aliphatic rings. The molecule has 5 N–H and O–H groups in total. The predicted molar refractivity (Wildman–Crippen MR) is 95.5 cm³/mol. The van der Waals surface area contributed by atoms with Gasteiger partial charge < -0.3 is 21.5 Å². The summed E-state index contributed by atoms with van der Waals surface area (Å²) < 4.78 is 0. The second kappa shape index (κ2) is 5.83. The lowest BCUT2D eigenvalue weighted by atomic mass is 9.71. The summed E-state index contributed by atoms with van der Waals surface area (Å²) in [7, 11) is 0. The van der Waals surface area contributed by atoms with Gasteiger partial charge in [0.15, 0.2) is 0 Å². The van der Waals surface area contributed by atoms with Crippen molar-refractivity contribution in [1.82, 2.24) is 9.97 Å². The fraction of sp³-hybridized carbons (Fsp3) is 0.722. The van der Waals surface area contributed by atoms with Crippen molar-refractivity contribution in [1.29, 1.82) is 0 Å². The van der Waals surface area contributed by atoms with Gasteiger partial charge in [0.2, 0.25) is 5.95 Å². The first-order valence-electron chi connectivity index (χ1n) is 9.38. The van der Waals surface area contributed by atoms with E-state index in [1.54, 1.807) is 0 Å². The van der Waals surface area contributed by atoms with E-state index < -0.39 is 11.5 Å². The molecule has 1 aromatic heterocycles. The highest BCUT2D eigenvalue weighted by atomic mass is 16.4. The standard InChI is InChI=1S/C18H27N5O2/c19-16-21-13-12(4-3-7-17(13)5-1-2-6-17)14(22-16)23-10-8-18(20,9-11-23)15(24)25/h1-11,20H2,(H,24,25)(H2,19,21,22). The number of carboxylic acid groups (broad SMARTS) is 1. The molecule has 0 bridgehead atoms. The first kappa shape index (κ1) is 16.6. The maximum absolute atomic E-state index is 11.4. The molecule has 2 fully saturated rings. The number of hydrogen-bond acceptors (Lipinski definition) is 6. The van der Waals surface area contributed by atoms with E-state index in [0.717, 1.165) is 18.7 Å². The molecule has 4 rings (SSSR count). The van der Waals surface area contributed by atoms with Crippen LogP contribution >= 0.6 is 0 Å². The molecule has 0 aromatic carbocycles. The molecule has 0 amide bonds. The smallest absolute Gasteiger partial charge is 0.323 e. The normalized spacial score (nSPS) is 24.3. The van der Waals surface area contributed by atoms with Crippen LogP contribution in [0.3, 0.4) is 0 Å². The number of nitrogens with two attached hydrogens (primary N) is 2. The van der Waals surface area contributed by atoms with Gasteiger partial charge in [-0.2, -0.15) is 4.98 Å². The number of nitrogen functional groups attached to an aromatic ring is 1. The first-order chi connectivity index (χ1) is 11.9. The van der Waals surface area contributed by atoms with E-state index in [9.17, 15) is 9.90 Å². The van der Waals surface area contributed by atoms with Crippen molar-refractivity contribution >= 4 is 17.7 Å². The lowest BCUT2D eigenvalue weighted by Crippen LogP contribution is -2.56. The molecule has 7 heteroatoms. The highest BCUT2D eigenvalue weighted by Crippen LogP contribution is 2.49. The quantitative estimate of drug-likeness (QED) is 0.744. The minimum Gasteiger partial charge on any atom is -0.480 e. The van der Waals surface area contributed by atoms with Crippen LogP contribution in [-0.2, 0) is 16.6 Å². The summed E-state index contributed by atoms with van der Waals surface area (Å²) in [6.07, 6.45) is 9.10. The van der Waals surface area contributed by atoms with Crippen LogP contribution in [0.5, 0.6) is 0 Å². The maximum Gasteiger partial charge on any atom is 0.323 e. The largest absolute Gasteiger partial charge is 0.480 e. The first-order valence-corrected chi connectivity index (χ1v) is 9.38. The number of carboxylic acids is 1. The molecule has 1 aromatic rings. The fourth-order valence-electron chi connectivity index (χ4n) is 5.01. The fourth-order valence-corrected chi connectivity index (χ4v) is 5.01. The zero-order valence-corrected chi connectivity index (χ0v) is 14.6. The second-order valence-electron chi connectivity index (χ2n) is 8.02. The molecule has 1 spiro atoms. The van der Waals surface area contributed by atoms with E-state index in [2.05, 4.69) is 14.9 Å². The summed E-state index contributed by atoms with van der Waals surface area (Å²) in [6.45, 7) is 1.19. The maximum atomic E-state index is 11.4. The Labute approximate surface area is 147 Å². The van der Waals surface area contributed by atoms with Crippen LogP contribution in [0, 0.1) is 0 Å². The Morgan fingerprint density at radius 2 is 1.68 bits per heavy atom. The molecule has 0 radical (unpaired) electrons. The highest BCUT2D eigenvalue weighted by Gasteiger charge is 2.43. The van der Waals surface area contributed by atoms with Gasteiger partial charge in [-0.3, -0.25) is 4.79 Å². The predicted octanol–water partition coefficient (Wildman–Crippen LogP) is 1.59. The van der Waals surface area contributed by atoms with Crippen molar-refractivity contribution in [3.05, 3.63) is 11.3 Å². The number of anilines is 2. The van der Waals surface area contributed by atoms with Crippen molar-refractivity contribution in [2.24, 2.45) is 5.73 Å². The summed E-state index contributed by atoms with van der Waals surface area (Å²) >= 11 is 0. The van der Waals surface area contributed by atoms with Crippen LogP contribution in [-0.4, -0.2) is 39.7 Å². The van der Waals surface area contributed by atoms with Gasteiger partial charge in [-0.25, -0.2) is 4.98 Å². The number of hydrogen-bond donors (Lipinski definition) is 3. The molecule has 136 valence electrons. The van der Waals surface area contributed by atoms with Gasteiger partial charge in [-0.1, -0.05) is 12.8 Å². The minimum atomic E-state index is -1.12. The molecule has 1 aliphatic heterocycles. The number of carbonyl (C=O) groups is 1. The van der Waals surface area contributed by atoms with Gasteiger partial charge in [0, 0.05) is 24.1 Å². The number of aliphatic carboxylic acids is 1. The summed E-state index contributed by atoms with van der Waals surface area (Å²) in [4.78, 5) is 22.8. The van der Waals surface area contributed by atoms with Crippen molar-refractivity contribution in [2.75, 3.05) is 23.7 Å². The average molecular weight is 345 g/mol. The Bertz CT molecular complexity index is 691. The van der Waals surface area contributed by atoms with Crippen molar-refractivity contribution < 1.29 is 9.90 Å². The SMILES string of the molecule is Nc1nc(N2CCC(N)(C(=O)O)CC2)c2c(n1)C1(CCCC1)CCC2. The van der Waals surface area contributed by atoms with E-state index in [1.165, 1.54) is 43.4 Å². The van der Waals surface area contributed by atoms with Crippen LogP contribution < -0.4 is 16.4 Å². The van der Waals surface area contributed by atoms with Crippen molar-refractivity contribution in [3.8, 4) is 0 Å². The Kier molecular flexibility index (Phi) is 3.86. The van der Waals surface area contributed by atoms with E-state index >= 15 is 0 Å². The molecule has 1 saturated heterocycles. The molecule has 2 aliphatic carbocycles. The number of aromatic nitrogens is 2. The van der Waals surface area contributed by atoms with Gasteiger partial charge in [0.1, 0.15) is 11.4 Å². The third-order valence-corrected chi connectivity index (χ3v) is 6.53. The van der Waals surface area contributed by atoms with Gasteiger partial charge >= 0.3 is 5.97 Å². The lowest BCUT2D eigenvalue weighted by molar-refractivity contribution is -0.144. The summed E-state index contributed by atoms with van der Waals surface area (Å²) in [5.41, 5.74) is 13.6. The number of piperidine rings is 1. The van der Waals surface area contributed by atoms with Gasteiger partial charge in [0.25, 0.3) is 0 Å². The van der Waals surface area contributed by atoms with E-state index in [0.29, 0.717) is 31.9 Å². The third-order valence-electron chi connectivity index (χ3n) is 6.53. The Morgan fingerprint density at radius 3 is 2.32 bits per heavy atom. The van der Waals surface area contributed by atoms with E-state index in [1.807, 2.05) is 0 Å². The zero-order chi connectivity index (χ0) is 17.7. The summed E-state index contributed by atoms with van der Waals surface area (Å²) in [5, 5.41) is 9.34. The number of rotatable bonds is 2. The number of nitrogens with zero attached hydrogens (tertiary/aromatic N) is 3. The second-order valence-corrected chi connectivity index (χ2v) is 8.02. The lowest BCUT2D eigenvalue weighted by Gasteiger charge is -2.40. The Morgan fingerprint density at radius 1 is 1.04 bits per heavy atom. The molecule has 0 unspecified atom stereocenters. The van der Waals surface area contributed by atoms with Crippen LogP contribution in [0.1, 0.15) is 62.6 Å². The van der Waals surface area contributed by atoms with Crippen molar-refractivity contribution in [2.45, 2.75) is 68.7 Å². The zero-order valence-electron chi connectivity index (χ0n) is 14.6. The molecule has 0 atom stereocenters. The monoisotopic (exact) mass is 345 g/mol. The van der Waals surface area contributed by atoms with Crippen LogP contribution in [0.2, 0.25) is 0 Å². The van der Waals surface area contributed by atoms with Gasteiger partial charge in [0.05, 0.1) is 5.69 Å².